The van der Waals surface area contributed by atoms with E-state index < -0.39 is 0 Å². The normalized spacial score (nSPS) is 15.2. The molecule has 1 saturated heterocycles. The average molecular weight is 342 g/mol. The van der Waals surface area contributed by atoms with Crippen LogP contribution in [0.2, 0.25) is 0 Å². The number of aromatic nitrogens is 3. The van der Waals surface area contributed by atoms with Crippen LogP contribution in [0, 0.1) is 6.92 Å². The second kappa shape index (κ2) is 7.43. The Bertz CT molecular complexity index is 747. The number of hydrogen-bond donors (Lipinski definition) is 2. The number of carbonyl (C=O) groups is 2. The van der Waals surface area contributed by atoms with E-state index in [1.807, 2.05) is 17.0 Å². The molecule has 1 aromatic heterocycles. The molecule has 25 heavy (non-hydrogen) atoms. The summed E-state index contributed by atoms with van der Waals surface area (Å²) in [7, 11) is 2.06. The van der Waals surface area contributed by atoms with Gasteiger partial charge in [-0.25, -0.2) is 0 Å². The van der Waals surface area contributed by atoms with E-state index in [0.29, 0.717) is 17.8 Å². The van der Waals surface area contributed by atoms with E-state index >= 15 is 0 Å². The molecular weight excluding hydrogens is 320 g/mol. The quantitative estimate of drug-likeness (QED) is 0.852. The molecule has 0 unspecified atom stereocenters. The van der Waals surface area contributed by atoms with Crippen LogP contribution in [-0.4, -0.2) is 70.3 Å². The first-order valence-electron chi connectivity index (χ1n) is 8.27. The van der Waals surface area contributed by atoms with E-state index in [0.717, 1.165) is 31.7 Å². The van der Waals surface area contributed by atoms with Crippen molar-refractivity contribution in [3.63, 3.8) is 0 Å². The lowest BCUT2D eigenvalue weighted by molar-refractivity contribution is -0.132. The van der Waals surface area contributed by atoms with Crippen LogP contribution in [0.5, 0.6) is 0 Å². The largest absolute Gasteiger partial charge is 0.340 e. The van der Waals surface area contributed by atoms with Crippen LogP contribution >= 0.6 is 0 Å². The van der Waals surface area contributed by atoms with Crippen molar-refractivity contribution in [1.82, 2.24) is 25.2 Å². The molecule has 1 aliphatic heterocycles. The second-order valence-corrected chi connectivity index (χ2v) is 6.27. The zero-order valence-electron chi connectivity index (χ0n) is 14.5. The Kier molecular flexibility index (Phi) is 5.08. The molecule has 132 valence electrons. The highest BCUT2D eigenvalue weighted by Gasteiger charge is 2.19. The smallest absolute Gasteiger partial charge is 0.278 e. The molecule has 0 radical (unpaired) electrons. The van der Waals surface area contributed by atoms with Gasteiger partial charge in [0.1, 0.15) is 0 Å². The summed E-state index contributed by atoms with van der Waals surface area (Å²) < 4.78 is 0. The zero-order valence-corrected chi connectivity index (χ0v) is 14.5. The Labute approximate surface area is 146 Å². The van der Waals surface area contributed by atoms with E-state index in [4.69, 9.17) is 0 Å². The molecule has 2 amide bonds. The summed E-state index contributed by atoms with van der Waals surface area (Å²) in [6.07, 6.45) is 0.375. The van der Waals surface area contributed by atoms with Crippen LogP contribution in [0.4, 0.5) is 5.69 Å². The van der Waals surface area contributed by atoms with Gasteiger partial charge in [0.05, 0.1) is 12.1 Å². The van der Waals surface area contributed by atoms with Gasteiger partial charge >= 0.3 is 0 Å². The van der Waals surface area contributed by atoms with Crippen molar-refractivity contribution in [3.05, 3.63) is 41.2 Å². The van der Waals surface area contributed by atoms with Gasteiger partial charge in [0, 0.05) is 31.9 Å². The molecule has 8 nitrogen and oxygen atoms in total. The number of amides is 2. The SMILES string of the molecule is Cc1n[nH]nc1C(=O)Nc1ccc(CC(=O)N2CCN(C)CC2)cc1. The first-order chi connectivity index (χ1) is 12.0. The minimum absolute atomic E-state index is 0.142. The summed E-state index contributed by atoms with van der Waals surface area (Å²) in [5.41, 5.74) is 2.41. The van der Waals surface area contributed by atoms with Gasteiger partial charge in [-0.1, -0.05) is 12.1 Å². The Morgan fingerprint density at radius 3 is 2.40 bits per heavy atom. The molecule has 0 saturated carbocycles. The second-order valence-electron chi connectivity index (χ2n) is 6.27. The minimum Gasteiger partial charge on any atom is -0.340 e. The zero-order chi connectivity index (χ0) is 17.8. The minimum atomic E-state index is -0.312. The molecule has 0 bridgehead atoms. The van der Waals surface area contributed by atoms with Crippen molar-refractivity contribution in [2.45, 2.75) is 13.3 Å². The maximum absolute atomic E-state index is 12.3. The van der Waals surface area contributed by atoms with Gasteiger partial charge in [0.25, 0.3) is 5.91 Å². The fourth-order valence-corrected chi connectivity index (χ4v) is 2.74. The summed E-state index contributed by atoms with van der Waals surface area (Å²) in [6, 6.07) is 7.30. The van der Waals surface area contributed by atoms with E-state index in [1.54, 1.807) is 19.1 Å². The van der Waals surface area contributed by atoms with Crippen LogP contribution in [0.15, 0.2) is 24.3 Å². The number of rotatable bonds is 4. The van der Waals surface area contributed by atoms with Crippen molar-refractivity contribution in [3.8, 4) is 0 Å². The lowest BCUT2D eigenvalue weighted by Crippen LogP contribution is -2.47. The lowest BCUT2D eigenvalue weighted by Gasteiger charge is -2.32. The highest BCUT2D eigenvalue weighted by molar-refractivity contribution is 6.03. The van der Waals surface area contributed by atoms with E-state index in [1.165, 1.54) is 0 Å². The van der Waals surface area contributed by atoms with Crippen LogP contribution < -0.4 is 5.32 Å². The Morgan fingerprint density at radius 2 is 1.80 bits per heavy atom. The standard InChI is InChI=1S/C17H22N6O2/c1-12-16(20-21-19-12)17(25)18-14-5-3-13(4-6-14)11-15(24)23-9-7-22(2)8-10-23/h3-6H,7-11H2,1-2H3,(H,18,25)(H,19,20,21). The highest BCUT2D eigenvalue weighted by Crippen LogP contribution is 2.13. The number of benzene rings is 1. The predicted molar refractivity (Wildman–Crippen MR) is 93.3 cm³/mol. The lowest BCUT2D eigenvalue weighted by atomic mass is 10.1. The number of hydrogen-bond acceptors (Lipinski definition) is 5. The molecule has 2 aromatic rings. The molecule has 0 atom stereocenters. The Hall–Kier alpha value is -2.74. The number of anilines is 1. The van der Waals surface area contributed by atoms with Gasteiger partial charge < -0.3 is 15.1 Å². The highest BCUT2D eigenvalue weighted by atomic mass is 16.2. The third-order valence-corrected chi connectivity index (χ3v) is 4.36. The van der Waals surface area contributed by atoms with Gasteiger partial charge in [-0.2, -0.15) is 15.4 Å². The number of piperazine rings is 1. The summed E-state index contributed by atoms with van der Waals surface area (Å²) in [6.45, 7) is 5.10. The molecule has 1 fully saturated rings. The van der Waals surface area contributed by atoms with Crippen molar-refractivity contribution in [2.24, 2.45) is 0 Å². The van der Waals surface area contributed by atoms with Crippen molar-refractivity contribution in [1.29, 1.82) is 0 Å². The number of H-pyrrole nitrogens is 1. The fraction of sp³-hybridized carbons (Fsp3) is 0.412. The number of carbonyl (C=O) groups excluding carboxylic acids is 2. The van der Waals surface area contributed by atoms with E-state index in [2.05, 4.69) is 32.7 Å². The van der Waals surface area contributed by atoms with Crippen molar-refractivity contribution in [2.75, 3.05) is 38.5 Å². The van der Waals surface area contributed by atoms with Crippen molar-refractivity contribution >= 4 is 17.5 Å². The summed E-state index contributed by atoms with van der Waals surface area (Å²) in [4.78, 5) is 28.6. The molecule has 2 N–H and O–H groups in total. The maximum atomic E-state index is 12.3. The van der Waals surface area contributed by atoms with Gasteiger partial charge in [-0.3, -0.25) is 9.59 Å². The third-order valence-electron chi connectivity index (χ3n) is 4.36. The topological polar surface area (TPSA) is 94.2 Å². The van der Waals surface area contributed by atoms with Gasteiger partial charge in [-0.05, 0) is 31.7 Å². The van der Waals surface area contributed by atoms with Gasteiger partial charge in [0.15, 0.2) is 5.69 Å². The predicted octanol–water partition coefficient (Wildman–Crippen LogP) is 0.682. The number of likely N-dealkylation sites (N-methyl/N-ethyl adjacent to an activating group) is 1. The van der Waals surface area contributed by atoms with E-state index in [-0.39, 0.29) is 17.5 Å². The molecule has 1 aliphatic rings. The number of nitrogens with one attached hydrogen (secondary N) is 2. The Morgan fingerprint density at radius 1 is 1.12 bits per heavy atom. The molecule has 0 aliphatic carbocycles. The van der Waals surface area contributed by atoms with E-state index in [9.17, 15) is 9.59 Å². The van der Waals surface area contributed by atoms with Crippen molar-refractivity contribution < 1.29 is 9.59 Å². The third kappa shape index (κ3) is 4.21. The molecule has 2 heterocycles. The number of nitrogens with zero attached hydrogens (tertiary/aromatic N) is 4. The molecular formula is C17H22N6O2. The van der Waals surface area contributed by atoms with Gasteiger partial charge in [0.2, 0.25) is 5.91 Å². The monoisotopic (exact) mass is 342 g/mol. The van der Waals surface area contributed by atoms with Crippen LogP contribution in [0.1, 0.15) is 21.7 Å². The Balaban J connectivity index is 1.56. The fourth-order valence-electron chi connectivity index (χ4n) is 2.74. The van der Waals surface area contributed by atoms with Gasteiger partial charge in [-0.15, -0.1) is 0 Å². The summed E-state index contributed by atoms with van der Waals surface area (Å²) in [5, 5.41) is 12.9. The number of aryl methyl sites for hydroxylation is 1. The summed E-state index contributed by atoms with van der Waals surface area (Å²) >= 11 is 0. The van der Waals surface area contributed by atoms with Crippen LogP contribution in [-0.2, 0) is 11.2 Å². The molecule has 0 spiro atoms. The first kappa shape index (κ1) is 17.1. The van der Waals surface area contributed by atoms with Crippen LogP contribution in [0.25, 0.3) is 0 Å². The average Bonchev–Trinajstić information content (AvgIpc) is 3.03. The molecule has 3 rings (SSSR count). The maximum Gasteiger partial charge on any atom is 0.278 e. The number of aromatic amines is 1. The summed E-state index contributed by atoms with van der Waals surface area (Å²) in [5.74, 6) is -0.171. The first-order valence-corrected chi connectivity index (χ1v) is 8.27. The molecule has 1 aromatic carbocycles. The molecule has 8 heteroatoms. The van der Waals surface area contributed by atoms with Crippen LogP contribution in [0.3, 0.4) is 0 Å².